The second-order valence-electron chi connectivity index (χ2n) is 3.96. The maximum absolute atomic E-state index is 11.4. The molecule has 0 saturated heterocycles. The SMILES string of the molecule is COC(=O)c1oc(CSc2ccc(Br)cc2)cc1C. The molecular weight excluding hydrogens is 328 g/mol. The summed E-state index contributed by atoms with van der Waals surface area (Å²) in [7, 11) is 1.35. The number of rotatable bonds is 4. The maximum Gasteiger partial charge on any atom is 0.374 e. The van der Waals surface area contributed by atoms with Gasteiger partial charge in [-0.2, -0.15) is 0 Å². The second kappa shape index (κ2) is 6.30. The van der Waals surface area contributed by atoms with E-state index in [0.29, 0.717) is 5.75 Å². The molecule has 0 fully saturated rings. The van der Waals surface area contributed by atoms with Crippen molar-refractivity contribution in [1.82, 2.24) is 0 Å². The molecule has 100 valence electrons. The van der Waals surface area contributed by atoms with Gasteiger partial charge in [-0.25, -0.2) is 4.79 Å². The molecule has 5 heteroatoms. The maximum atomic E-state index is 11.4. The summed E-state index contributed by atoms with van der Waals surface area (Å²) in [5.74, 6) is 1.30. The number of aryl methyl sites for hydroxylation is 1. The van der Waals surface area contributed by atoms with Gasteiger partial charge in [0.15, 0.2) is 0 Å². The first-order chi connectivity index (χ1) is 9.10. The van der Waals surface area contributed by atoms with E-state index in [-0.39, 0.29) is 5.76 Å². The zero-order valence-corrected chi connectivity index (χ0v) is 13.0. The summed E-state index contributed by atoms with van der Waals surface area (Å²) in [5.41, 5.74) is 0.804. The number of benzene rings is 1. The molecule has 0 N–H and O–H groups in total. The lowest BCUT2D eigenvalue weighted by Crippen LogP contribution is -2.00. The molecule has 0 saturated carbocycles. The third kappa shape index (κ3) is 3.64. The van der Waals surface area contributed by atoms with Crippen molar-refractivity contribution in [3.8, 4) is 0 Å². The van der Waals surface area contributed by atoms with E-state index in [2.05, 4.69) is 20.7 Å². The highest BCUT2D eigenvalue weighted by atomic mass is 79.9. The van der Waals surface area contributed by atoms with Crippen molar-refractivity contribution in [3.63, 3.8) is 0 Å². The first-order valence-electron chi connectivity index (χ1n) is 5.66. The number of carbonyl (C=O) groups is 1. The predicted octanol–water partition coefficient (Wildman–Crippen LogP) is 4.43. The Morgan fingerprint density at radius 2 is 2.05 bits per heavy atom. The fourth-order valence-corrected chi connectivity index (χ4v) is 2.64. The largest absolute Gasteiger partial charge is 0.463 e. The van der Waals surface area contributed by atoms with Crippen LogP contribution in [0.25, 0.3) is 0 Å². The first-order valence-corrected chi connectivity index (χ1v) is 7.44. The van der Waals surface area contributed by atoms with Crippen molar-refractivity contribution in [1.29, 1.82) is 0 Å². The average Bonchev–Trinajstić information content (AvgIpc) is 2.78. The molecule has 0 aliphatic heterocycles. The molecule has 0 amide bonds. The highest BCUT2D eigenvalue weighted by Gasteiger charge is 2.15. The Labute approximate surface area is 124 Å². The minimum Gasteiger partial charge on any atom is -0.463 e. The third-order valence-electron chi connectivity index (χ3n) is 2.53. The van der Waals surface area contributed by atoms with E-state index in [1.54, 1.807) is 11.8 Å². The van der Waals surface area contributed by atoms with E-state index in [9.17, 15) is 4.79 Å². The zero-order chi connectivity index (χ0) is 13.8. The summed E-state index contributed by atoms with van der Waals surface area (Å²) < 4.78 is 11.2. The van der Waals surface area contributed by atoms with Crippen LogP contribution in [0.4, 0.5) is 0 Å². The number of esters is 1. The number of thioether (sulfide) groups is 1. The van der Waals surface area contributed by atoms with Gasteiger partial charge >= 0.3 is 5.97 Å². The zero-order valence-electron chi connectivity index (χ0n) is 10.6. The lowest BCUT2D eigenvalue weighted by molar-refractivity contribution is 0.0562. The average molecular weight is 341 g/mol. The molecule has 0 aliphatic rings. The van der Waals surface area contributed by atoms with E-state index < -0.39 is 5.97 Å². The van der Waals surface area contributed by atoms with Crippen molar-refractivity contribution < 1.29 is 13.9 Å². The molecule has 1 aromatic carbocycles. The van der Waals surface area contributed by atoms with Crippen LogP contribution in [0.3, 0.4) is 0 Å². The second-order valence-corrected chi connectivity index (χ2v) is 5.92. The Balaban J connectivity index is 2.04. The Morgan fingerprint density at radius 1 is 1.37 bits per heavy atom. The van der Waals surface area contributed by atoms with Crippen LogP contribution in [-0.4, -0.2) is 13.1 Å². The van der Waals surface area contributed by atoms with E-state index in [4.69, 9.17) is 4.42 Å². The predicted molar refractivity (Wildman–Crippen MR) is 78.5 cm³/mol. The van der Waals surface area contributed by atoms with Crippen LogP contribution in [0.1, 0.15) is 21.9 Å². The van der Waals surface area contributed by atoms with E-state index in [1.165, 1.54) is 7.11 Å². The summed E-state index contributed by atoms with van der Waals surface area (Å²) in [6, 6.07) is 9.93. The number of hydrogen-bond acceptors (Lipinski definition) is 4. The van der Waals surface area contributed by atoms with Gasteiger partial charge in [-0.05, 0) is 37.3 Å². The molecule has 0 aliphatic carbocycles. The fourth-order valence-electron chi connectivity index (χ4n) is 1.60. The summed E-state index contributed by atoms with van der Waals surface area (Å²) in [4.78, 5) is 12.6. The minimum atomic E-state index is -0.433. The quantitative estimate of drug-likeness (QED) is 0.609. The van der Waals surface area contributed by atoms with Crippen molar-refractivity contribution in [2.45, 2.75) is 17.6 Å². The normalized spacial score (nSPS) is 10.5. The smallest absolute Gasteiger partial charge is 0.374 e. The minimum absolute atomic E-state index is 0.286. The number of furan rings is 1. The lowest BCUT2D eigenvalue weighted by atomic mass is 10.3. The molecule has 0 radical (unpaired) electrons. The van der Waals surface area contributed by atoms with E-state index in [1.807, 2.05) is 37.3 Å². The number of hydrogen-bond donors (Lipinski definition) is 0. The molecule has 0 spiro atoms. The molecular formula is C14H13BrO3S. The van der Waals surface area contributed by atoms with Gasteiger partial charge in [0, 0.05) is 14.9 Å². The van der Waals surface area contributed by atoms with Crippen molar-refractivity contribution in [2.75, 3.05) is 7.11 Å². The van der Waals surface area contributed by atoms with Gasteiger partial charge < -0.3 is 9.15 Å². The van der Waals surface area contributed by atoms with Crippen LogP contribution >= 0.6 is 27.7 Å². The van der Waals surface area contributed by atoms with Gasteiger partial charge in [0.2, 0.25) is 5.76 Å². The standard InChI is InChI=1S/C14H13BrO3S/c1-9-7-11(18-13(9)14(16)17-2)8-19-12-5-3-10(15)4-6-12/h3-7H,8H2,1-2H3. The fraction of sp³-hybridized carbons (Fsp3) is 0.214. The van der Waals surface area contributed by atoms with Gasteiger partial charge in [-0.1, -0.05) is 15.9 Å². The van der Waals surface area contributed by atoms with Gasteiger partial charge in [0.05, 0.1) is 12.9 Å². The van der Waals surface area contributed by atoms with Crippen LogP contribution in [-0.2, 0) is 10.5 Å². The molecule has 3 nitrogen and oxygen atoms in total. The highest BCUT2D eigenvalue weighted by molar-refractivity contribution is 9.10. The molecule has 2 aromatic rings. The molecule has 1 aromatic heterocycles. The van der Waals surface area contributed by atoms with Gasteiger partial charge in [0.25, 0.3) is 0 Å². The number of carbonyl (C=O) groups excluding carboxylic acids is 1. The number of methoxy groups -OCH3 is 1. The molecule has 19 heavy (non-hydrogen) atoms. The Morgan fingerprint density at radius 3 is 2.68 bits per heavy atom. The van der Waals surface area contributed by atoms with Crippen molar-refractivity contribution in [3.05, 3.63) is 51.9 Å². The van der Waals surface area contributed by atoms with E-state index >= 15 is 0 Å². The van der Waals surface area contributed by atoms with E-state index in [0.717, 1.165) is 20.7 Å². The lowest BCUT2D eigenvalue weighted by Gasteiger charge is -1.99. The molecule has 0 bridgehead atoms. The number of halogens is 1. The summed E-state index contributed by atoms with van der Waals surface area (Å²) in [6.07, 6.45) is 0. The van der Waals surface area contributed by atoms with Crippen molar-refractivity contribution >= 4 is 33.7 Å². The topological polar surface area (TPSA) is 39.4 Å². The Hall–Kier alpha value is -1.20. The van der Waals surface area contributed by atoms with Crippen molar-refractivity contribution in [2.24, 2.45) is 0 Å². The van der Waals surface area contributed by atoms with Gasteiger partial charge in [0.1, 0.15) is 5.76 Å². The Bertz CT molecular complexity index is 575. The van der Waals surface area contributed by atoms with Crippen LogP contribution in [0, 0.1) is 6.92 Å². The van der Waals surface area contributed by atoms with Crippen LogP contribution in [0.2, 0.25) is 0 Å². The molecule has 2 rings (SSSR count). The van der Waals surface area contributed by atoms with Crippen LogP contribution < -0.4 is 0 Å². The van der Waals surface area contributed by atoms with Crippen LogP contribution in [0.15, 0.2) is 44.1 Å². The summed E-state index contributed by atoms with van der Waals surface area (Å²) in [6.45, 7) is 1.84. The van der Waals surface area contributed by atoms with Gasteiger partial charge in [-0.15, -0.1) is 11.8 Å². The first kappa shape index (κ1) is 14.2. The van der Waals surface area contributed by atoms with Gasteiger partial charge in [-0.3, -0.25) is 0 Å². The highest BCUT2D eigenvalue weighted by Crippen LogP contribution is 2.26. The number of ether oxygens (including phenoxy) is 1. The summed E-state index contributed by atoms with van der Waals surface area (Å²) in [5, 5.41) is 0. The monoisotopic (exact) mass is 340 g/mol. The Kier molecular flexibility index (Phi) is 4.71. The third-order valence-corrected chi connectivity index (χ3v) is 4.10. The van der Waals surface area contributed by atoms with Crippen LogP contribution in [0.5, 0.6) is 0 Å². The summed E-state index contributed by atoms with van der Waals surface area (Å²) >= 11 is 5.06. The molecule has 0 atom stereocenters. The molecule has 0 unspecified atom stereocenters. The molecule has 1 heterocycles.